The van der Waals surface area contributed by atoms with Crippen LogP contribution in [-0.4, -0.2) is 23.4 Å². The van der Waals surface area contributed by atoms with E-state index in [1.54, 1.807) is 12.3 Å². The summed E-state index contributed by atoms with van der Waals surface area (Å²) in [5, 5.41) is 6.79. The Morgan fingerprint density at radius 1 is 1.24 bits per heavy atom. The van der Waals surface area contributed by atoms with Crippen molar-refractivity contribution in [1.82, 2.24) is 15.0 Å². The number of nitrogens with zero attached hydrogens (tertiary/aromatic N) is 2. The van der Waals surface area contributed by atoms with E-state index in [0.29, 0.717) is 11.2 Å². The second kappa shape index (κ2) is 3.25. The van der Waals surface area contributed by atoms with Gasteiger partial charge in [0.15, 0.2) is 0 Å². The number of rotatable bonds is 1. The van der Waals surface area contributed by atoms with Crippen molar-refractivity contribution < 1.29 is 8.42 Å². The van der Waals surface area contributed by atoms with E-state index < -0.39 is 10.0 Å². The third-order valence-electron chi connectivity index (χ3n) is 2.58. The lowest BCUT2D eigenvalue weighted by molar-refractivity contribution is 0.598. The topological polar surface area (TPSA) is 102 Å². The Labute approximate surface area is 96.5 Å². The van der Waals surface area contributed by atoms with Crippen LogP contribution in [-0.2, 0) is 10.0 Å². The molecular formula is C10H8N4O2S. The molecule has 3 N–H and O–H groups in total. The number of sulfonamides is 1. The number of nitrogens with one attached hydrogen (secondary N) is 1. The zero-order chi connectivity index (χ0) is 12.0. The number of aromatic amines is 1. The maximum atomic E-state index is 11.2. The highest BCUT2D eigenvalue weighted by Crippen LogP contribution is 2.24. The summed E-state index contributed by atoms with van der Waals surface area (Å²) in [7, 11) is -3.69. The van der Waals surface area contributed by atoms with Crippen LogP contribution in [0.5, 0.6) is 0 Å². The fourth-order valence-corrected chi connectivity index (χ4v) is 2.33. The lowest BCUT2D eigenvalue weighted by atomic mass is 10.2. The van der Waals surface area contributed by atoms with E-state index in [2.05, 4.69) is 15.0 Å². The number of H-pyrrole nitrogens is 1. The molecule has 0 aliphatic heterocycles. The molecule has 0 aliphatic rings. The van der Waals surface area contributed by atoms with Gasteiger partial charge in [-0.25, -0.2) is 23.5 Å². The largest absolute Gasteiger partial charge is 0.339 e. The summed E-state index contributed by atoms with van der Waals surface area (Å²) < 4.78 is 22.5. The van der Waals surface area contributed by atoms with Crippen molar-refractivity contribution in [3.63, 3.8) is 0 Å². The van der Waals surface area contributed by atoms with Gasteiger partial charge in [-0.2, -0.15) is 0 Å². The lowest BCUT2D eigenvalue weighted by Gasteiger charge is -1.97. The molecule has 7 heteroatoms. The second-order valence-corrected chi connectivity index (χ2v) is 5.22. The SMILES string of the molecule is NS(=O)(=O)c1ccc2c(c1)[nH]c1ncncc12. The number of hydrogen-bond donors (Lipinski definition) is 2. The summed E-state index contributed by atoms with van der Waals surface area (Å²) in [6.45, 7) is 0. The van der Waals surface area contributed by atoms with Crippen molar-refractivity contribution in [2.24, 2.45) is 5.14 Å². The van der Waals surface area contributed by atoms with Crippen molar-refractivity contribution in [3.05, 3.63) is 30.7 Å². The van der Waals surface area contributed by atoms with Crippen LogP contribution < -0.4 is 5.14 Å². The van der Waals surface area contributed by atoms with Crippen LogP contribution in [0, 0.1) is 0 Å². The van der Waals surface area contributed by atoms with Crippen LogP contribution in [0.25, 0.3) is 21.9 Å². The van der Waals surface area contributed by atoms with E-state index in [4.69, 9.17) is 5.14 Å². The van der Waals surface area contributed by atoms with E-state index in [-0.39, 0.29) is 4.90 Å². The summed E-state index contributed by atoms with van der Waals surface area (Å²) in [6.07, 6.45) is 3.11. The van der Waals surface area contributed by atoms with Crippen LogP contribution >= 0.6 is 0 Å². The molecule has 6 nitrogen and oxygen atoms in total. The minimum atomic E-state index is -3.69. The zero-order valence-corrected chi connectivity index (χ0v) is 9.40. The molecule has 0 radical (unpaired) electrons. The first-order chi connectivity index (χ1) is 8.05. The molecule has 0 bridgehead atoms. The second-order valence-electron chi connectivity index (χ2n) is 3.66. The van der Waals surface area contributed by atoms with E-state index in [1.807, 2.05) is 0 Å². The molecule has 3 aromatic rings. The van der Waals surface area contributed by atoms with Gasteiger partial charge in [-0.15, -0.1) is 0 Å². The standard InChI is InChI=1S/C10H8N4O2S/c11-17(15,16)6-1-2-7-8-4-12-5-13-10(8)14-9(7)3-6/h1-5H,(H2,11,15,16)(H,12,13,14). The Hall–Kier alpha value is -1.99. The monoisotopic (exact) mass is 248 g/mol. The van der Waals surface area contributed by atoms with Crippen LogP contribution in [0.3, 0.4) is 0 Å². The Balaban J connectivity index is 2.42. The van der Waals surface area contributed by atoms with Gasteiger partial charge in [0.2, 0.25) is 10.0 Å². The van der Waals surface area contributed by atoms with Gasteiger partial charge >= 0.3 is 0 Å². The van der Waals surface area contributed by atoms with Gasteiger partial charge < -0.3 is 4.98 Å². The van der Waals surface area contributed by atoms with Gasteiger partial charge in [0.05, 0.1) is 4.90 Å². The first-order valence-corrected chi connectivity index (χ1v) is 6.34. The fourth-order valence-electron chi connectivity index (χ4n) is 1.79. The molecule has 0 atom stereocenters. The maximum absolute atomic E-state index is 11.2. The van der Waals surface area contributed by atoms with Crippen molar-refractivity contribution in [1.29, 1.82) is 0 Å². The summed E-state index contributed by atoms with van der Waals surface area (Å²) in [4.78, 5) is 11.1. The molecule has 0 unspecified atom stereocenters. The number of hydrogen-bond acceptors (Lipinski definition) is 4. The van der Waals surface area contributed by atoms with E-state index >= 15 is 0 Å². The molecule has 17 heavy (non-hydrogen) atoms. The van der Waals surface area contributed by atoms with Crippen molar-refractivity contribution in [3.8, 4) is 0 Å². The summed E-state index contributed by atoms with van der Waals surface area (Å²) in [5.41, 5.74) is 1.34. The highest BCUT2D eigenvalue weighted by atomic mass is 32.2. The number of aromatic nitrogens is 3. The smallest absolute Gasteiger partial charge is 0.238 e. The summed E-state index contributed by atoms with van der Waals surface area (Å²) in [5.74, 6) is 0. The van der Waals surface area contributed by atoms with Gasteiger partial charge in [-0.3, -0.25) is 0 Å². The van der Waals surface area contributed by atoms with E-state index in [0.717, 1.165) is 10.8 Å². The van der Waals surface area contributed by atoms with Crippen molar-refractivity contribution >= 4 is 32.0 Å². The maximum Gasteiger partial charge on any atom is 0.238 e. The number of nitrogens with two attached hydrogens (primary N) is 1. The highest BCUT2D eigenvalue weighted by Gasteiger charge is 2.11. The predicted molar refractivity (Wildman–Crippen MR) is 62.8 cm³/mol. The van der Waals surface area contributed by atoms with Gasteiger partial charge in [0, 0.05) is 22.5 Å². The molecule has 0 saturated heterocycles. The normalized spacial score (nSPS) is 12.3. The third-order valence-corrected chi connectivity index (χ3v) is 3.49. The number of fused-ring (bicyclic) bond motifs is 3. The molecule has 0 fully saturated rings. The fraction of sp³-hybridized carbons (Fsp3) is 0. The number of primary sulfonamides is 1. The first-order valence-electron chi connectivity index (χ1n) is 4.80. The van der Waals surface area contributed by atoms with Gasteiger partial charge in [0.25, 0.3) is 0 Å². The molecule has 1 aromatic carbocycles. The summed E-state index contributed by atoms with van der Waals surface area (Å²) >= 11 is 0. The van der Waals surface area contributed by atoms with Gasteiger partial charge in [-0.1, -0.05) is 6.07 Å². The molecule has 0 spiro atoms. The highest BCUT2D eigenvalue weighted by molar-refractivity contribution is 7.89. The summed E-state index contributed by atoms with van der Waals surface area (Å²) in [6, 6.07) is 4.65. The predicted octanol–water partition coefficient (Wildman–Crippen LogP) is 0.759. The average Bonchev–Trinajstić information content (AvgIpc) is 2.65. The minimum Gasteiger partial charge on any atom is -0.339 e. The van der Waals surface area contributed by atoms with Gasteiger partial charge in [0.1, 0.15) is 12.0 Å². The van der Waals surface area contributed by atoms with Crippen LogP contribution in [0.4, 0.5) is 0 Å². The van der Waals surface area contributed by atoms with Crippen LogP contribution in [0.1, 0.15) is 0 Å². The molecule has 3 rings (SSSR count). The quantitative estimate of drug-likeness (QED) is 0.663. The van der Waals surface area contributed by atoms with Crippen LogP contribution in [0.2, 0.25) is 0 Å². The molecule has 0 saturated carbocycles. The molecule has 2 aromatic heterocycles. The number of benzene rings is 1. The molecular weight excluding hydrogens is 240 g/mol. The Kier molecular flexibility index (Phi) is 1.95. The molecule has 0 aliphatic carbocycles. The first kappa shape index (κ1) is 10.2. The Morgan fingerprint density at radius 2 is 2.06 bits per heavy atom. The van der Waals surface area contributed by atoms with Crippen LogP contribution in [0.15, 0.2) is 35.6 Å². The van der Waals surface area contributed by atoms with E-state index in [9.17, 15) is 8.42 Å². The Morgan fingerprint density at radius 3 is 2.82 bits per heavy atom. The zero-order valence-electron chi connectivity index (χ0n) is 8.58. The lowest BCUT2D eigenvalue weighted by Crippen LogP contribution is -2.11. The van der Waals surface area contributed by atoms with Crippen molar-refractivity contribution in [2.75, 3.05) is 0 Å². The average molecular weight is 248 g/mol. The van der Waals surface area contributed by atoms with Crippen molar-refractivity contribution in [2.45, 2.75) is 4.90 Å². The molecule has 2 heterocycles. The molecule has 0 amide bonds. The third kappa shape index (κ3) is 1.56. The van der Waals surface area contributed by atoms with Gasteiger partial charge in [-0.05, 0) is 12.1 Å². The molecule has 86 valence electrons. The van der Waals surface area contributed by atoms with E-state index in [1.165, 1.54) is 18.5 Å². The Bertz CT molecular complexity index is 823. The minimum absolute atomic E-state index is 0.0736.